The quantitative estimate of drug-likeness (QED) is 0.260. The molecule has 0 saturated heterocycles. The van der Waals surface area contributed by atoms with Crippen LogP contribution in [0.2, 0.25) is 0 Å². The molecule has 0 radical (unpaired) electrons. The molecule has 0 amide bonds. The van der Waals surface area contributed by atoms with Gasteiger partial charge < -0.3 is 24.8 Å². The monoisotopic (exact) mass is 560 g/mol. The van der Waals surface area contributed by atoms with Gasteiger partial charge in [0.15, 0.2) is 0 Å². The Morgan fingerprint density at radius 3 is 1.31 bits per heavy atom. The van der Waals surface area contributed by atoms with Crippen LogP contribution in [-0.2, 0) is 36.2 Å². The molecular formula is C28H36Cl2SiZr-2. The third kappa shape index (κ3) is 7.69. The summed E-state index contributed by atoms with van der Waals surface area (Å²) in [5, 5.41) is 5.80. The van der Waals surface area contributed by atoms with E-state index in [1.54, 1.807) is 23.3 Å². The fourth-order valence-corrected chi connectivity index (χ4v) is 4.27. The zero-order valence-corrected chi connectivity index (χ0v) is 25.8. The van der Waals surface area contributed by atoms with Gasteiger partial charge in [0.25, 0.3) is 0 Å². The summed E-state index contributed by atoms with van der Waals surface area (Å²) < 4.78 is 0. The first-order valence-corrected chi connectivity index (χ1v) is 17.0. The molecule has 0 atom stereocenters. The first kappa shape index (κ1) is 31.3. The van der Waals surface area contributed by atoms with E-state index >= 15 is 0 Å². The summed E-state index contributed by atoms with van der Waals surface area (Å²) in [5.41, 5.74) is 8.56. The van der Waals surface area contributed by atoms with E-state index in [-0.39, 0.29) is 24.8 Å². The SMILES string of the molecule is CCCc1ccc(C)c2[cH-]c(C)cc12.CCCc1ccc(C)c2[cH-]c(C)cc12.[Cl-].[Cl-].[SiH2]=[Zr+2]. The Bertz CT molecular complexity index is 1020. The molecule has 0 aromatic heterocycles. The maximum atomic E-state index is 2.31. The molecule has 0 spiro atoms. The second-order valence-electron chi connectivity index (χ2n) is 8.30. The molecule has 0 saturated carbocycles. The number of benzene rings is 2. The standard InChI is InChI=1S/2C14H17.2ClH.H2Si.Zr/c2*1-4-5-12-7-6-11(3)13-8-10(2)9-14(12)13;;;;/h2*6-9H,4-5H2,1-3H3;2*1H;1H2;/q2*-1;;;;+2/p-2. The van der Waals surface area contributed by atoms with Crippen molar-refractivity contribution in [2.75, 3.05) is 0 Å². The van der Waals surface area contributed by atoms with Crippen LogP contribution in [0.3, 0.4) is 0 Å². The van der Waals surface area contributed by atoms with Gasteiger partial charge in [-0.1, -0.05) is 77.6 Å². The molecule has 0 heterocycles. The van der Waals surface area contributed by atoms with Crippen molar-refractivity contribution in [2.45, 2.75) is 67.2 Å². The van der Waals surface area contributed by atoms with E-state index in [1.807, 2.05) is 6.88 Å². The first-order chi connectivity index (χ1) is 14.4. The number of halogens is 2. The minimum atomic E-state index is 0. The average Bonchev–Trinajstić information content (AvgIpc) is 3.32. The van der Waals surface area contributed by atoms with Gasteiger partial charge in [-0.2, -0.15) is 12.1 Å². The van der Waals surface area contributed by atoms with Crippen LogP contribution in [-0.4, -0.2) is 6.88 Å². The van der Waals surface area contributed by atoms with Crippen molar-refractivity contribution in [3.8, 4) is 0 Å². The van der Waals surface area contributed by atoms with Gasteiger partial charge in [-0.3, -0.25) is 0 Å². The van der Waals surface area contributed by atoms with Crippen molar-refractivity contribution in [1.82, 2.24) is 0 Å². The molecule has 0 N–H and O–H groups in total. The second kappa shape index (κ2) is 15.3. The Hall–Kier alpha value is -0.660. The Kier molecular flexibility index (Phi) is 15.0. The molecular weight excluding hydrogens is 527 g/mol. The molecule has 172 valence electrons. The molecule has 0 nitrogen and oxygen atoms in total. The molecule has 0 aliphatic carbocycles. The summed E-state index contributed by atoms with van der Waals surface area (Å²) in [5.74, 6) is 0. The van der Waals surface area contributed by atoms with Crippen LogP contribution in [0.15, 0.2) is 48.5 Å². The van der Waals surface area contributed by atoms with Crippen LogP contribution >= 0.6 is 0 Å². The van der Waals surface area contributed by atoms with E-state index < -0.39 is 0 Å². The minimum absolute atomic E-state index is 0. The van der Waals surface area contributed by atoms with Crippen molar-refractivity contribution in [3.05, 3.63) is 81.9 Å². The number of aryl methyl sites for hydroxylation is 6. The summed E-state index contributed by atoms with van der Waals surface area (Å²) in [7, 11) is 0. The zero-order chi connectivity index (χ0) is 22.3. The second-order valence-corrected chi connectivity index (χ2v) is 8.30. The van der Waals surface area contributed by atoms with Crippen molar-refractivity contribution >= 4 is 28.4 Å². The van der Waals surface area contributed by atoms with Crippen molar-refractivity contribution in [2.24, 2.45) is 0 Å². The maximum absolute atomic E-state index is 2.31. The van der Waals surface area contributed by atoms with E-state index in [4.69, 9.17) is 0 Å². The van der Waals surface area contributed by atoms with Gasteiger partial charge in [0, 0.05) is 0 Å². The van der Waals surface area contributed by atoms with Crippen LogP contribution in [0.4, 0.5) is 0 Å². The molecule has 0 fully saturated rings. The number of fused-ring (bicyclic) bond motifs is 2. The van der Waals surface area contributed by atoms with Gasteiger partial charge >= 0.3 is 30.2 Å². The molecule has 4 rings (SSSR count). The van der Waals surface area contributed by atoms with E-state index in [0.717, 1.165) is 0 Å². The van der Waals surface area contributed by atoms with Gasteiger partial charge in [0.05, 0.1) is 0 Å². The Labute approximate surface area is 224 Å². The van der Waals surface area contributed by atoms with Gasteiger partial charge in [0.2, 0.25) is 0 Å². The third-order valence-corrected chi connectivity index (χ3v) is 5.72. The molecule has 0 aliphatic rings. The predicted octanol–water partition coefficient (Wildman–Crippen LogP) is 1.35. The first-order valence-electron chi connectivity index (χ1n) is 11.1. The van der Waals surface area contributed by atoms with Crippen LogP contribution in [0, 0.1) is 27.7 Å². The van der Waals surface area contributed by atoms with Crippen molar-refractivity contribution < 1.29 is 48.1 Å². The molecule has 0 bridgehead atoms. The molecule has 32 heavy (non-hydrogen) atoms. The molecule has 4 aromatic rings. The normalized spacial score (nSPS) is 9.88. The Morgan fingerprint density at radius 1 is 0.656 bits per heavy atom. The molecule has 4 heteroatoms. The molecule has 0 unspecified atom stereocenters. The van der Waals surface area contributed by atoms with Crippen LogP contribution in [0.25, 0.3) is 21.5 Å². The summed E-state index contributed by atoms with van der Waals surface area (Å²) in [6.45, 7) is 15.2. The predicted molar refractivity (Wildman–Crippen MR) is 135 cm³/mol. The Morgan fingerprint density at radius 2 is 1.00 bits per heavy atom. The average molecular weight is 563 g/mol. The topological polar surface area (TPSA) is 0 Å². The van der Waals surface area contributed by atoms with E-state index in [9.17, 15) is 0 Å². The van der Waals surface area contributed by atoms with Crippen LogP contribution in [0.1, 0.15) is 60.1 Å². The van der Waals surface area contributed by atoms with Crippen molar-refractivity contribution in [3.63, 3.8) is 0 Å². The van der Waals surface area contributed by atoms with Crippen LogP contribution < -0.4 is 24.8 Å². The number of hydrogen-bond acceptors (Lipinski definition) is 0. The fraction of sp³-hybridized carbons (Fsp3) is 0.357. The summed E-state index contributed by atoms with van der Waals surface area (Å²) in [6, 6.07) is 18.3. The van der Waals surface area contributed by atoms with Gasteiger partial charge in [-0.05, 0) is 12.8 Å². The van der Waals surface area contributed by atoms with E-state index in [2.05, 4.69) is 90.1 Å². The number of rotatable bonds is 4. The molecule has 0 aliphatic heterocycles. The zero-order valence-electron chi connectivity index (χ0n) is 20.4. The van der Waals surface area contributed by atoms with E-state index in [0.29, 0.717) is 0 Å². The Balaban J connectivity index is 0.000000527. The summed E-state index contributed by atoms with van der Waals surface area (Å²) >= 11 is 1.58. The van der Waals surface area contributed by atoms with Gasteiger partial charge in [-0.15, -0.1) is 68.1 Å². The van der Waals surface area contributed by atoms with Gasteiger partial charge in [0.1, 0.15) is 0 Å². The fourth-order valence-electron chi connectivity index (χ4n) is 4.27. The summed E-state index contributed by atoms with van der Waals surface area (Å²) in [4.78, 5) is 0. The summed E-state index contributed by atoms with van der Waals surface area (Å²) in [6.07, 6.45) is 4.84. The van der Waals surface area contributed by atoms with Gasteiger partial charge in [-0.25, -0.2) is 0 Å². The molecule has 4 aromatic carbocycles. The van der Waals surface area contributed by atoms with Crippen molar-refractivity contribution in [1.29, 1.82) is 0 Å². The van der Waals surface area contributed by atoms with E-state index in [1.165, 1.54) is 80.6 Å². The van der Waals surface area contributed by atoms with Crippen LogP contribution in [0.5, 0.6) is 0 Å². The number of hydrogen-bond donors (Lipinski definition) is 0. The third-order valence-electron chi connectivity index (χ3n) is 5.72.